The van der Waals surface area contributed by atoms with Crippen molar-refractivity contribution in [3.8, 4) is 0 Å². The molecule has 2 heterocycles. The first-order valence-electron chi connectivity index (χ1n) is 5.75. The third-order valence-corrected chi connectivity index (χ3v) is 4.28. The van der Waals surface area contributed by atoms with E-state index in [-0.39, 0.29) is 5.91 Å². The summed E-state index contributed by atoms with van der Waals surface area (Å²) in [6.45, 7) is 0.676. The van der Waals surface area contributed by atoms with Crippen molar-refractivity contribution in [1.82, 2.24) is 10.3 Å². The molecule has 0 fully saturated rings. The Morgan fingerprint density at radius 2 is 2.28 bits per heavy atom. The number of rotatable bonds is 1. The zero-order chi connectivity index (χ0) is 12.5. The van der Waals surface area contributed by atoms with Crippen LogP contribution in [0.15, 0.2) is 29.3 Å². The molecule has 0 spiro atoms. The van der Waals surface area contributed by atoms with Gasteiger partial charge in [0.05, 0.1) is 5.69 Å². The molecule has 0 unspecified atom stereocenters. The first-order chi connectivity index (χ1) is 8.74. The molecule has 5 heteroatoms. The molecule has 0 bridgehead atoms. The average Bonchev–Trinajstić information content (AvgIpc) is 2.67. The maximum Gasteiger partial charge on any atom is 0.263 e. The first kappa shape index (κ1) is 11.7. The van der Waals surface area contributed by atoms with Crippen LogP contribution in [-0.2, 0) is 6.42 Å². The second-order valence-corrected chi connectivity index (χ2v) is 5.63. The van der Waals surface area contributed by atoms with Gasteiger partial charge in [0, 0.05) is 30.0 Å². The molecule has 0 saturated carbocycles. The second kappa shape index (κ2) is 4.71. The Balaban J connectivity index is 2.01. The van der Waals surface area contributed by atoms with E-state index in [1.807, 2.05) is 24.3 Å². The summed E-state index contributed by atoms with van der Waals surface area (Å²) >= 11 is 7.43. The highest BCUT2D eigenvalue weighted by molar-refractivity contribution is 7.15. The van der Waals surface area contributed by atoms with Crippen LogP contribution in [-0.4, -0.2) is 17.4 Å². The molecule has 18 heavy (non-hydrogen) atoms. The molecule has 3 rings (SSSR count). The highest BCUT2D eigenvalue weighted by atomic mass is 35.5. The van der Waals surface area contributed by atoms with Gasteiger partial charge in [-0.3, -0.25) is 4.79 Å². The van der Waals surface area contributed by atoms with E-state index < -0.39 is 0 Å². The van der Waals surface area contributed by atoms with E-state index in [4.69, 9.17) is 11.6 Å². The fourth-order valence-corrected chi connectivity index (χ4v) is 3.13. The van der Waals surface area contributed by atoms with Crippen molar-refractivity contribution in [3.63, 3.8) is 0 Å². The van der Waals surface area contributed by atoms with Crippen LogP contribution >= 0.6 is 22.9 Å². The highest BCUT2D eigenvalue weighted by Crippen LogP contribution is 2.29. The minimum atomic E-state index is -0.00761. The van der Waals surface area contributed by atoms with Gasteiger partial charge in [0.25, 0.3) is 5.91 Å². The number of amides is 1. The molecule has 1 N–H and O–H groups in total. The Kier molecular flexibility index (Phi) is 3.06. The van der Waals surface area contributed by atoms with Crippen LogP contribution in [0.2, 0.25) is 0 Å². The number of allylic oxidation sites excluding steroid dienone is 6. The van der Waals surface area contributed by atoms with Crippen molar-refractivity contribution in [2.45, 2.75) is 12.8 Å². The summed E-state index contributed by atoms with van der Waals surface area (Å²) < 4.78 is 0. The van der Waals surface area contributed by atoms with Crippen LogP contribution in [0.3, 0.4) is 0 Å². The quantitative estimate of drug-likeness (QED) is 0.858. The van der Waals surface area contributed by atoms with Gasteiger partial charge in [0.15, 0.2) is 0 Å². The van der Waals surface area contributed by atoms with E-state index in [2.05, 4.69) is 10.3 Å². The normalized spacial score (nSPS) is 18.6. The average molecular weight is 279 g/mol. The van der Waals surface area contributed by atoms with Gasteiger partial charge in [-0.15, -0.1) is 11.3 Å². The van der Waals surface area contributed by atoms with Gasteiger partial charge in [-0.25, -0.2) is 4.98 Å². The Labute approximate surface area is 114 Å². The van der Waals surface area contributed by atoms with Crippen LogP contribution < -0.4 is 5.32 Å². The number of hydrogen-bond acceptors (Lipinski definition) is 3. The van der Waals surface area contributed by atoms with Gasteiger partial charge in [0.1, 0.15) is 9.88 Å². The first-order valence-corrected chi connectivity index (χ1v) is 6.94. The van der Waals surface area contributed by atoms with Crippen molar-refractivity contribution in [1.29, 1.82) is 0 Å². The molecule has 0 saturated heterocycles. The Morgan fingerprint density at radius 3 is 3.11 bits per heavy atom. The van der Waals surface area contributed by atoms with Crippen molar-refractivity contribution >= 4 is 34.4 Å². The molecule has 1 aliphatic heterocycles. The van der Waals surface area contributed by atoms with Crippen molar-refractivity contribution in [2.24, 2.45) is 0 Å². The number of carbonyl (C=O) groups excluding carboxylic acids is 1. The van der Waals surface area contributed by atoms with Gasteiger partial charge in [-0.1, -0.05) is 29.8 Å². The summed E-state index contributed by atoms with van der Waals surface area (Å²) in [6.07, 6.45) is 9.41. The molecule has 0 aromatic carbocycles. The third kappa shape index (κ3) is 2.13. The molecule has 0 atom stereocenters. The smallest absolute Gasteiger partial charge is 0.263 e. The van der Waals surface area contributed by atoms with Crippen LogP contribution in [0.25, 0.3) is 5.57 Å². The molecular weight excluding hydrogens is 268 g/mol. The topological polar surface area (TPSA) is 42.0 Å². The molecule has 1 aromatic heterocycles. The van der Waals surface area contributed by atoms with E-state index in [1.165, 1.54) is 11.3 Å². The molecule has 1 aliphatic carbocycles. The zero-order valence-corrected chi connectivity index (χ0v) is 11.1. The number of carbonyl (C=O) groups is 1. The lowest BCUT2D eigenvalue weighted by molar-refractivity contribution is 0.0950. The maximum absolute atomic E-state index is 11.7. The van der Waals surface area contributed by atoms with Gasteiger partial charge in [-0.05, 0) is 6.08 Å². The van der Waals surface area contributed by atoms with Crippen LogP contribution in [0, 0.1) is 0 Å². The number of fused-ring (bicyclic) bond motifs is 1. The van der Waals surface area contributed by atoms with Gasteiger partial charge >= 0.3 is 0 Å². The van der Waals surface area contributed by atoms with E-state index >= 15 is 0 Å². The molecule has 2 aliphatic rings. The summed E-state index contributed by atoms with van der Waals surface area (Å²) in [7, 11) is 0. The lowest BCUT2D eigenvalue weighted by atomic mass is 10.2. The van der Waals surface area contributed by atoms with Crippen molar-refractivity contribution in [3.05, 3.63) is 44.9 Å². The third-order valence-electron chi connectivity index (χ3n) is 2.85. The van der Waals surface area contributed by atoms with Gasteiger partial charge < -0.3 is 5.32 Å². The predicted octanol–water partition coefficient (Wildman–Crippen LogP) is 2.90. The minimum absolute atomic E-state index is 0.00761. The molecule has 0 radical (unpaired) electrons. The fourth-order valence-electron chi connectivity index (χ4n) is 1.94. The minimum Gasteiger partial charge on any atom is -0.351 e. The highest BCUT2D eigenvalue weighted by Gasteiger charge is 2.22. The summed E-state index contributed by atoms with van der Waals surface area (Å²) in [5.74, 6) is -0.00761. The Morgan fingerprint density at radius 1 is 1.39 bits per heavy atom. The molecule has 1 amide bonds. The standard InChI is InChI=1S/C13H11ClN2OS/c14-9-3-1-2-8(4-5-9)13-16-10-6-7-15-12(17)11(10)18-13/h1-2,4-5H,3,6-7H2,(H,15,17). The number of aromatic nitrogens is 1. The molecular formula is C13H11ClN2OS. The van der Waals surface area contributed by atoms with E-state index in [0.717, 1.165) is 39.0 Å². The van der Waals surface area contributed by atoms with Gasteiger partial charge in [-0.2, -0.15) is 0 Å². The van der Waals surface area contributed by atoms with Crippen LogP contribution in [0.5, 0.6) is 0 Å². The van der Waals surface area contributed by atoms with E-state index in [0.29, 0.717) is 6.54 Å². The van der Waals surface area contributed by atoms with Crippen molar-refractivity contribution < 1.29 is 4.79 Å². The zero-order valence-electron chi connectivity index (χ0n) is 9.57. The number of halogens is 1. The van der Waals surface area contributed by atoms with E-state index in [9.17, 15) is 4.79 Å². The lowest BCUT2D eigenvalue weighted by Gasteiger charge is -2.09. The maximum atomic E-state index is 11.7. The number of nitrogens with zero attached hydrogens (tertiary/aromatic N) is 1. The summed E-state index contributed by atoms with van der Waals surface area (Å²) in [4.78, 5) is 17.0. The summed E-state index contributed by atoms with van der Waals surface area (Å²) in [5.41, 5.74) is 1.92. The van der Waals surface area contributed by atoms with Crippen LogP contribution in [0.1, 0.15) is 26.8 Å². The molecule has 92 valence electrons. The summed E-state index contributed by atoms with van der Waals surface area (Å²) in [6, 6.07) is 0. The molecule has 1 aromatic rings. The lowest BCUT2D eigenvalue weighted by Crippen LogP contribution is -2.30. The van der Waals surface area contributed by atoms with Crippen molar-refractivity contribution in [2.75, 3.05) is 6.54 Å². The fraction of sp³-hybridized carbons (Fsp3) is 0.231. The van der Waals surface area contributed by atoms with Crippen LogP contribution in [0.4, 0.5) is 0 Å². The Bertz CT molecular complexity index is 598. The monoisotopic (exact) mass is 278 g/mol. The number of thiazole rings is 1. The Hall–Kier alpha value is -1.39. The summed E-state index contributed by atoms with van der Waals surface area (Å²) in [5, 5.41) is 4.53. The molecule has 3 nitrogen and oxygen atoms in total. The van der Waals surface area contributed by atoms with Gasteiger partial charge in [0.2, 0.25) is 0 Å². The second-order valence-electron chi connectivity index (χ2n) is 4.14. The number of nitrogens with one attached hydrogen (secondary N) is 1. The SMILES string of the molecule is O=C1NCCc2nc(C3=CC=C(Cl)CC=C3)sc21. The predicted molar refractivity (Wildman–Crippen MR) is 73.8 cm³/mol. The number of hydrogen-bond donors (Lipinski definition) is 1. The van der Waals surface area contributed by atoms with E-state index in [1.54, 1.807) is 0 Å². The largest absolute Gasteiger partial charge is 0.351 e.